The summed E-state index contributed by atoms with van der Waals surface area (Å²) in [4.78, 5) is 11.0. The van der Waals surface area contributed by atoms with Gasteiger partial charge in [0.15, 0.2) is 6.19 Å². The van der Waals surface area contributed by atoms with E-state index in [1.807, 2.05) is 6.19 Å². The van der Waals surface area contributed by atoms with E-state index in [1.54, 1.807) is 6.92 Å². The third kappa shape index (κ3) is 2.80. The molecule has 0 heterocycles. The Balaban J connectivity index is 2.38. The molecule has 0 aromatic carbocycles. The van der Waals surface area contributed by atoms with E-state index < -0.39 is 6.09 Å². The minimum atomic E-state index is -0.555. The molecular formula is C9H15N3O2. The van der Waals surface area contributed by atoms with E-state index in [9.17, 15) is 4.79 Å². The summed E-state index contributed by atoms with van der Waals surface area (Å²) in [5.74, 6) is 0. The lowest BCUT2D eigenvalue weighted by Gasteiger charge is -2.22. The van der Waals surface area contributed by atoms with Gasteiger partial charge in [-0.2, -0.15) is 5.26 Å². The van der Waals surface area contributed by atoms with Crippen LogP contribution in [0.15, 0.2) is 0 Å². The van der Waals surface area contributed by atoms with Crippen molar-refractivity contribution in [3.8, 4) is 6.19 Å². The Labute approximate surface area is 83.6 Å². The normalized spacial score (nSPS) is 16.0. The first-order valence-corrected chi connectivity index (χ1v) is 4.90. The van der Waals surface area contributed by atoms with Gasteiger partial charge in [0.2, 0.25) is 0 Å². The van der Waals surface area contributed by atoms with Gasteiger partial charge in [-0.05, 0) is 19.8 Å². The first kappa shape index (κ1) is 10.6. The maximum absolute atomic E-state index is 11.0. The molecule has 0 spiro atoms. The molecule has 1 aliphatic rings. The number of rotatable bonds is 3. The quantitative estimate of drug-likeness (QED) is 0.421. The molecule has 0 aromatic heterocycles. The van der Waals surface area contributed by atoms with Gasteiger partial charge in [-0.15, -0.1) is 0 Å². The van der Waals surface area contributed by atoms with Crippen molar-refractivity contribution < 1.29 is 9.53 Å². The Hall–Kier alpha value is -1.44. The fraction of sp³-hybridized carbons (Fsp3) is 0.778. The zero-order valence-electron chi connectivity index (χ0n) is 8.32. The highest BCUT2D eigenvalue weighted by molar-refractivity contribution is 5.66. The van der Waals surface area contributed by atoms with Gasteiger partial charge in [-0.3, -0.25) is 0 Å². The fourth-order valence-electron chi connectivity index (χ4n) is 1.62. The Morgan fingerprint density at radius 3 is 2.79 bits per heavy atom. The van der Waals surface area contributed by atoms with Crippen molar-refractivity contribution in [2.24, 2.45) is 0 Å². The second-order valence-corrected chi connectivity index (χ2v) is 3.24. The van der Waals surface area contributed by atoms with Crippen molar-refractivity contribution in [3.05, 3.63) is 0 Å². The van der Waals surface area contributed by atoms with Crippen molar-refractivity contribution in [1.29, 1.82) is 5.26 Å². The summed E-state index contributed by atoms with van der Waals surface area (Å²) in [7, 11) is 0. The number of nitrogens with one attached hydrogen (secondary N) is 1. The molecule has 0 unspecified atom stereocenters. The van der Waals surface area contributed by atoms with Crippen LogP contribution in [-0.4, -0.2) is 23.8 Å². The van der Waals surface area contributed by atoms with E-state index in [1.165, 1.54) is 5.01 Å². The summed E-state index contributed by atoms with van der Waals surface area (Å²) >= 11 is 0. The average Bonchev–Trinajstić information content (AvgIpc) is 2.67. The molecule has 1 aliphatic carbocycles. The maximum Gasteiger partial charge on any atom is 0.426 e. The minimum Gasteiger partial charge on any atom is -0.449 e. The zero-order valence-corrected chi connectivity index (χ0v) is 8.32. The summed E-state index contributed by atoms with van der Waals surface area (Å²) in [5, 5.41) is 10.1. The van der Waals surface area contributed by atoms with Gasteiger partial charge in [0.05, 0.1) is 12.6 Å². The summed E-state index contributed by atoms with van der Waals surface area (Å²) in [6.07, 6.45) is 5.55. The average molecular weight is 197 g/mol. The van der Waals surface area contributed by atoms with Crippen molar-refractivity contribution in [1.82, 2.24) is 10.4 Å². The van der Waals surface area contributed by atoms with Crippen LogP contribution in [-0.2, 0) is 4.74 Å². The monoisotopic (exact) mass is 197 g/mol. The molecule has 1 fully saturated rings. The highest BCUT2D eigenvalue weighted by atomic mass is 16.6. The van der Waals surface area contributed by atoms with Gasteiger partial charge in [0.1, 0.15) is 0 Å². The molecule has 0 atom stereocenters. The molecule has 14 heavy (non-hydrogen) atoms. The molecule has 1 saturated carbocycles. The second-order valence-electron chi connectivity index (χ2n) is 3.24. The van der Waals surface area contributed by atoms with E-state index in [-0.39, 0.29) is 6.04 Å². The van der Waals surface area contributed by atoms with E-state index >= 15 is 0 Å². The molecule has 78 valence electrons. The number of hydrogen-bond donors (Lipinski definition) is 1. The van der Waals surface area contributed by atoms with Gasteiger partial charge in [0.25, 0.3) is 0 Å². The SMILES string of the molecule is CCOC(=O)NN(C#N)C1CCCC1. The predicted octanol–water partition coefficient (Wildman–Crippen LogP) is 1.37. The Morgan fingerprint density at radius 1 is 1.64 bits per heavy atom. The molecule has 0 aromatic rings. The number of ether oxygens (including phenoxy) is 1. The largest absolute Gasteiger partial charge is 0.449 e. The van der Waals surface area contributed by atoms with Crippen LogP contribution in [0.1, 0.15) is 32.6 Å². The van der Waals surface area contributed by atoms with Crippen LogP contribution in [0.3, 0.4) is 0 Å². The smallest absolute Gasteiger partial charge is 0.426 e. The summed E-state index contributed by atoms with van der Waals surface area (Å²) in [6, 6.07) is 0.143. The topological polar surface area (TPSA) is 65.4 Å². The van der Waals surface area contributed by atoms with Crippen LogP contribution >= 0.6 is 0 Å². The third-order valence-electron chi connectivity index (χ3n) is 2.28. The third-order valence-corrected chi connectivity index (χ3v) is 2.28. The number of carbonyl (C=O) groups is 1. The molecular weight excluding hydrogens is 182 g/mol. The van der Waals surface area contributed by atoms with E-state index in [0.29, 0.717) is 6.61 Å². The van der Waals surface area contributed by atoms with Crippen molar-refractivity contribution in [2.75, 3.05) is 6.61 Å². The minimum absolute atomic E-state index is 0.143. The lowest BCUT2D eigenvalue weighted by atomic mass is 10.2. The van der Waals surface area contributed by atoms with Crippen LogP contribution in [0.4, 0.5) is 4.79 Å². The molecule has 0 bridgehead atoms. The number of nitriles is 1. The Kier molecular flexibility index (Phi) is 4.05. The van der Waals surface area contributed by atoms with Crippen LogP contribution in [0, 0.1) is 11.5 Å². The molecule has 5 nitrogen and oxygen atoms in total. The van der Waals surface area contributed by atoms with E-state index in [4.69, 9.17) is 10.00 Å². The van der Waals surface area contributed by atoms with Crippen LogP contribution < -0.4 is 5.43 Å². The van der Waals surface area contributed by atoms with E-state index in [2.05, 4.69) is 5.43 Å². The fourth-order valence-corrected chi connectivity index (χ4v) is 1.62. The van der Waals surface area contributed by atoms with E-state index in [0.717, 1.165) is 25.7 Å². The second kappa shape index (κ2) is 5.32. The number of hydrogen-bond acceptors (Lipinski definition) is 4. The summed E-state index contributed by atoms with van der Waals surface area (Å²) in [5.41, 5.74) is 2.42. The lowest BCUT2D eigenvalue weighted by molar-refractivity contribution is 0.116. The highest BCUT2D eigenvalue weighted by Gasteiger charge is 2.23. The van der Waals surface area contributed by atoms with Gasteiger partial charge < -0.3 is 4.74 Å². The molecule has 1 amide bonds. The zero-order chi connectivity index (χ0) is 10.4. The highest BCUT2D eigenvalue weighted by Crippen LogP contribution is 2.21. The predicted molar refractivity (Wildman–Crippen MR) is 49.9 cm³/mol. The number of amides is 1. The van der Waals surface area contributed by atoms with Gasteiger partial charge in [-0.1, -0.05) is 12.8 Å². The molecule has 1 rings (SSSR count). The molecule has 1 N–H and O–H groups in total. The van der Waals surface area contributed by atoms with Crippen molar-refractivity contribution >= 4 is 6.09 Å². The standard InChI is InChI=1S/C9H15N3O2/c1-2-14-9(13)11-12(7-10)8-5-3-4-6-8/h8H,2-6H2,1H3,(H,11,13). The summed E-state index contributed by atoms with van der Waals surface area (Å²) < 4.78 is 4.69. The Morgan fingerprint density at radius 2 is 2.29 bits per heavy atom. The number of nitrogens with zero attached hydrogens (tertiary/aromatic N) is 2. The first-order valence-electron chi connectivity index (χ1n) is 4.90. The Bertz CT molecular complexity index is 231. The summed E-state index contributed by atoms with van der Waals surface area (Å²) in [6.45, 7) is 2.04. The lowest BCUT2D eigenvalue weighted by Crippen LogP contribution is -2.44. The van der Waals surface area contributed by atoms with Gasteiger partial charge in [-0.25, -0.2) is 15.2 Å². The first-order chi connectivity index (χ1) is 6.77. The van der Waals surface area contributed by atoms with Crippen molar-refractivity contribution in [2.45, 2.75) is 38.6 Å². The maximum atomic E-state index is 11.0. The van der Waals surface area contributed by atoms with Crippen LogP contribution in [0.25, 0.3) is 0 Å². The number of hydrazine groups is 1. The van der Waals surface area contributed by atoms with Gasteiger partial charge >= 0.3 is 6.09 Å². The molecule has 5 heteroatoms. The van der Waals surface area contributed by atoms with Gasteiger partial charge in [0, 0.05) is 0 Å². The van der Waals surface area contributed by atoms with Crippen molar-refractivity contribution in [3.63, 3.8) is 0 Å². The van der Waals surface area contributed by atoms with Crippen LogP contribution in [0.2, 0.25) is 0 Å². The molecule has 0 aliphatic heterocycles. The molecule has 0 saturated heterocycles. The number of carbonyl (C=O) groups excluding carboxylic acids is 1. The molecule has 0 radical (unpaired) electrons. The van der Waals surface area contributed by atoms with Crippen LogP contribution in [0.5, 0.6) is 0 Å².